The Morgan fingerprint density at radius 2 is 1.73 bits per heavy atom. The van der Waals surface area contributed by atoms with Crippen LogP contribution in [0.4, 0.5) is 11.6 Å². The Labute approximate surface area is 153 Å². The van der Waals surface area contributed by atoms with Crippen molar-refractivity contribution in [1.29, 1.82) is 0 Å². The first-order chi connectivity index (χ1) is 12.5. The molecule has 5 heteroatoms. The van der Waals surface area contributed by atoms with Gasteiger partial charge in [-0.3, -0.25) is 4.79 Å². The molecule has 0 spiro atoms. The fourth-order valence-electron chi connectivity index (χ4n) is 2.69. The molecule has 0 fully saturated rings. The third kappa shape index (κ3) is 4.45. The van der Waals surface area contributed by atoms with E-state index in [4.69, 9.17) is 0 Å². The van der Waals surface area contributed by atoms with Gasteiger partial charge in [-0.25, -0.2) is 9.97 Å². The van der Waals surface area contributed by atoms with Crippen LogP contribution in [0, 0.1) is 13.8 Å². The Bertz CT molecular complexity index is 909. The lowest BCUT2D eigenvalue weighted by atomic mass is 10.1. The van der Waals surface area contributed by atoms with Crippen molar-refractivity contribution in [3.8, 4) is 0 Å². The fraction of sp³-hybridized carbons (Fsp3) is 0.190. The zero-order chi connectivity index (χ0) is 18.5. The molecule has 26 heavy (non-hydrogen) atoms. The van der Waals surface area contributed by atoms with E-state index >= 15 is 0 Å². The number of rotatable bonds is 5. The van der Waals surface area contributed by atoms with Crippen LogP contribution in [-0.4, -0.2) is 15.9 Å². The van der Waals surface area contributed by atoms with Crippen LogP contribution in [0.2, 0.25) is 0 Å². The van der Waals surface area contributed by atoms with Gasteiger partial charge in [0.25, 0.3) is 5.91 Å². The molecule has 5 nitrogen and oxygen atoms in total. The van der Waals surface area contributed by atoms with Gasteiger partial charge in [-0.1, -0.05) is 42.5 Å². The summed E-state index contributed by atoms with van der Waals surface area (Å²) in [6.45, 7) is 5.82. The number of carbonyl (C=O) groups is 1. The standard InChI is InChI=1S/C21H22N4O/c1-14-8-7-11-18(12-14)24-21-22-15(2)13-19(25-21)20(26)23-16(3)17-9-5-4-6-10-17/h4-13,16H,1-3H3,(H,23,26)(H,22,24,25). The lowest BCUT2D eigenvalue weighted by molar-refractivity contribution is 0.0934. The highest BCUT2D eigenvalue weighted by atomic mass is 16.1. The predicted octanol–water partition coefficient (Wildman–Crippen LogP) is 4.33. The van der Waals surface area contributed by atoms with Crippen molar-refractivity contribution in [1.82, 2.24) is 15.3 Å². The van der Waals surface area contributed by atoms with Crippen LogP contribution in [-0.2, 0) is 0 Å². The molecule has 1 aromatic heterocycles. The molecule has 132 valence electrons. The van der Waals surface area contributed by atoms with Crippen LogP contribution < -0.4 is 10.6 Å². The maximum atomic E-state index is 12.6. The van der Waals surface area contributed by atoms with Crippen molar-refractivity contribution in [2.75, 3.05) is 5.32 Å². The summed E-state index contributed by atoms with van der Waals surface area (Å²) in [6.07, 6.45) is 0. The topological polar surface area (TPSA) is 66.9 Å². The fourth-order valence-corrected chi connectivity index (χ4v) is 2.69. The summed E-state index contributed by atoms with van der Waals surface area (Å²) < 4.78 is 0. The summed E-state index contributed by atoms with van der Waals surface area (Å²) in [5, 5.41) is 6.15. The molecule has 0 bridgehead atoms. The summed E-state index contributed by atoms with van der Waals surface area (Å²) >= 11 is 0. The molecule has 1 amide bonds. The third-order valence-corrected chi connectivity index (χ3v) is 4.01. The first-order valence-electron chi connectivity index (χ1n) is 8.56. The third-order valence-electron chi connectivity index (χ3n) is 4.01. The lowest BCUT2D eigenvalue weighted by Gasteiger charge is -2.14. The molecule has 1 heterocycles. The van der Waals surface area contributed by atoms with Crippen LogP contribution in [0.1, 0.15) is 40.3 Å². The van der Waals surface area contributed by atoms with Crippen LogP contribution in [0.5, 0.6) is 0 Å². The number of benzene rings is 2. The number of hydrogen-bond donors (Lipinski definition) is 2. The Morgan fingerprint density at radius 1 is 0.962 bits per heavy atom. The van der Waals surface area contributed by atoms with E-state index in [1.165, 1.54) is 0 Å². The second-order valence-electron chi connectivity index (χ2n) is 6.32. The largest absolute Gasteiger partial charge is 0.344 e. The van der Waals surface area contributed by atoms with E-state index < -0.39 is 0 Å². The first-order valence-corrected chi connectivity index (χ1v) is 8.56. The number of anilines is 2. The van der Waals surface area contributed by atoms with Gasteiger partial charge in [0.2, 0.25) is 5.95 Å². The summed E-state index contributed by atoms with van der Waals surface area (Å²) in [4.78, 5) is 21.4. The smallest absolute Gasteiger partial charge is 0.270 e. The Hall–Kier alpha value is -3.21. The maximum absolute atomic E-state index is 12.6. The molecular weight excluding hydrogens is 324 g/mol. The van der Waals surface area contributed by atoms with Crippen molar-refractivity contribution in [2.24, 2.45) is 0 Å². The van der Waals surface area contributed by atoms with E-state index in [1.807, 2.05) is 75.4 Å². The van der Waals surface area contributed by atoms with E-state index in [2.05, 4.69) is 20.6 Å². The normalized spacial score (nSPS) is 11.7. The van der Waals surface area contributed by atoms with Gasteiger partial charge in [0.15, 0.2) is 0 Å². The van der Waals surface area contributed by atoms with E-state index in [9.17, 15) is 4.79 Å². The number of amides is 1. The first kappa shape index (κ1) is 17.6. The van der Waals surface area contributed by atoms with Crippen LogP contribution in [0.3, 0.4) is 0 Å². The SMILES string of the molecule is Cc1cccc(Nc2nc(C)cc(C(=O)NC(C)c3ccccc3)n2)c1. The zero-order valence-electron chi connectivity index (χ0n) is 15.2. The average Bonchev–Trinajstić information content (AvgIpc) is 2.62. The Morgan fingerprint density at radius 3 is 2.46 bits per heavy atom. The summed E-state index contributed by atoms with van der Waals surface area (Å²) in [7, 11) is 0. The van der Waals surface area contributed by atoms with Crippen LogP contribution in [0.15, 0.2) is 60.7 Å². The summed E-state index contributed by atoms with van der Waals surface area (Å²) in [5.41, 5.74) is 4.14. The molecule has 1 unspecified atom stereocenters. The van der Waals surface area contributed by atoms with Gasteiger partial charge in [-0.15, -0.1) is 0 Å². The van der Waals surface area contributed by atoms with Gasteiger partial charge >= 0.3 is 0 Å². The molecule has 2 aromatic carbocycles. The number of aromatic nitrogens is 2. The molecule has 0 radical (unpaired) electrons. The molecular formula is C21H22N4O. The van der Waals surface area contributed by atoms with Crippen molar-refractivity contribution < 1.29 is 4.79 Å². The minimum atomic E-state index is -0.223. The number of carbonyl (C=O) groups excluding carboxylic acids is 1. The van der Waals surface area contributed by atoms with Gasteiger partial charge in [-0.05, 0) is 50.1 Å². The lowest BCUT2D eigenvalue weighted by Crippen LogP contribution is -2.27. The van der Waals surface area contributed by atoms with Crippen LogP contribution >= 0.6 is 0 Å². The average molecular weight is 346 g/mol. The number of aryl methyl sites for hydroxylation is 2. The summed E-state index contributed by atoms with van der Waals surface area (Å²) in [5.74, 6) is 0.187. The number of nitrogens with zero attached hydrogens (tertiary/aromatic N) is 2. The van der Waals surface area contributed by atoms with Crippen LogP contribution in [0.25, 0.3) is 0 Å². The Balaban J connectivity index is 1.77. The molecule has 0 aliphatic carbocycles. The van der Waals surface area contributed by atoms with Crippen molar-refractivity contribution in [3.63, 3.8) is 0 Å². The zero-order valence-corrected chi connectivity index (χ0v) is 15.2. The van der Waals surface area contributed by atoms with Gasteiger partial charge in [0.1, 0.15) is 5.69 Å². The molecule has 3 rings (SSSR count). The predicted molar refractivity (Wildman–Crippen MR) is 104 cm³/mol. The molecule has 0 saturated heterocycles. The molecule has 2 N–H and O–H groups in total. The quantitative estimate of drug-likeness (QED) is 0.722. The number of nitrogens with one attached hydrogen (secondary N) is 2. The highest BCUT2D eigenvalue weighted by Gasteiger charge is 2.14. The summed E-state index contributed by atoms with van der Waals surface area (Å²) in [6, 6.07) is 19.3. The van der Waals surface area contributed by atoms with Crippen molar-refractivity contribution in [3.05, 3.63) is 83.2 Å². The van der Waals surface area contributed by atoms with Gasteiger partial charge in [0, 0.05) is 11.4 Å². The number of hydrogen-bond acceptors (Lipinski definition) is 4. The second kappa shape index (κ2) is 7.78. The molecule has 0 saturated carbocycles. The highest BCUT2D eigenvalue weighted by Crippen LogP contribution is 2.16. The van der Waals surface area contributed by atoms with E-state index in [-0.39, 0.29) is 11.9 Å². The second-order valence-corrected chi connectivity index (χ2v) is 6.32. The highest BCUT2D eigenvalue weighted by molar-refractivity contribution is 5.93. The maximum Gasteiger partial charge on any atom is 0.270 e. The minimum Gasteiger partial charge on any atom is -0.344 e. The monoisotopic (exact) mass is 346 g/mol. The molecule has 0 aliphatic rings. The van der Waals surface area contributed by atoms with Crippen molar-refractivity contribution >= 4 is 17.5 Å². The Kier molecular flexibility index (Phi) is 5.27. The van der Waals surface area contributed by atoms with Crippen molar-refractivity contribution in [2.45, 2.75) is 26.8 Å². The molecule has 0 aliphatic heterocycles. The molecule has 3 aromatic rings. The minimum absolute atomic E-state index is 0.104. The van der Waals surface area contributed by atoms with E-state index in [0.717, 1.165) is 22.5 Å². The van der Waals surface area contributed by atoms with E-state index in [1.54, 1.807) is 6.07 Å². The van der Waals surface area contributed by atoms with Gasteiger partial charge < -0.3 is 10.6 Å². The van der Waals surface area contributed by atoms with Gasteiger partial charge in [0.05, 0.1) is 6.04 Å². The van der Waals surface area contributed by atoms with Gasteiger partial charge in [-0.2, -0.15) is 0 Å². The van der Waals surface area contributed by atoms with E-state index in [0.29, 0.717) is 11.6 Å². The molecule has 1 atom stereocenters.